The van der Waals surface area contributed by atoms with Crippen LogP contribution < -0.4 is 10.1 Å². The fourth-order valence-electron chi connectivity index (χ4n) is 3.33. The molecule has 3 aromatic carbocycles. The van der Waals surface area contributed by atoms with Crippen molar-refractivity contribution in [2.24, 2.45) is 0 Å². The number of carboxylic acids is 1. The minimum absolute atomic E-state index is 0.0525. The van der Waals surface area contributed by atoms with E-state index in [1.165, 1.54) is 12.1 Å². The lowest BCUT2D eigenvalue weighted by atomic mass is 9.97. The summed E-state index contributed by atoms with van der Waals surface area (Å²) < 4.78 is 5.80. The molecule has 0 heterocycles. The van der Waals surface area contributed by atoms with Crippen molar-refractivity contribution >= 4 is 11.7 Å². The van der Waals surface area contributed by atoms with Gasteiger partial charge in [0.05, 0.1) is 11.5 Å². The Balaban J connectivity index is 1.76. The molecule has 0 saturated carbocycles. The van der Waals surface area contributed by atoms with Crippen LogP contribution in [0.3, 0.4) is 0 Å². The summed E-state index contributed by atoms with van der Waals surface area (Å²) in [5.74, 6) is -1.07. The molecule has 8 nitrogen and oxygen atoms in total. The number of aliphatic hydroxyl groups excluding tert-OH is 1. The number of carboxylic acid groups (broad SMARTS) is 1. The zero-order valence-corrected chi connectivity index (χ0v) is 17.5. The number of hydrogen-bond donors (Lipinski definition) is 3. The molecule has 0 radical (unpaired) electrons. The number of hydrogen-bond acceptors (Lipinski definition) is 6. The lowest BCUT2D eigenvalue weighted by molar-refractivity contribution is -0.386. The molecule has 0 aliphatic carbocycles. The number of ether oxygens (including phenoxy) is 1. The van der Waals surface area contributed by atoms with Crippen molar-refractivity contribution in [3.05, 3.63) is 93.5 Å². The van der Waals surface area contributed by atoms with Crippen LogP contribution in [0.5, 0.6) is 5.75 Å². The standard InChI is InChI=1S/C24H24N2O6/c1-16-19(8-5-9-20(16)18-6-3-2-4-7-18)15-32-23-11-10-17(12-22(23)26(30)31)13-25-21(14-27)24(28)29/h2-12,21,25,27H,13-15H2,1H3,(H,28,29). The Bertz CT molecular complexity index is 1100. The smallest absolute Gasteiger partial charge is 0.323 e. The van der Waals surface area contributed by atoms with Gasteiger partial charge < -0.3 is 14.9 Å². The summed E-state index contributed by atoms with van der Waals surface area (Å²) >= 11 is 0. The molecule has 3 aromatic rings. The number of aliphatic carboxylic acids is 1. The molecule has 0 bridgehead atoms. The normalized spacial score (nSPS) is 11.7. The molecule has 1 unspecified atom stereocenters. The van der Waals surface area contributed by atoms with Crippen LogP contribution in [0.15, 0.2) is 66.7 Å². The van der Waals surface area contributed by atoms with Crippen LogP contribution >= 0.6 is 0 Å². The van der Waals surface area contributed by atoms with Crippen LogP contribution in [0.25, 0.3) is 11.1 Å². The van der Waals surface area contributed by atoms with E-state index in [4.69, 9.17) is 14.9 Å². The first-order chi connectivity index (χ1) is 15.4. The van der Waals surface area contributed by atoms with E-state index in [1.807, 2.05) is 55.5 Å². The van der Waals surface area contributed by atoms with Crippen LogP contribution in [-0.2, 0) is 17.9 Å². The van der Waals surface area contributed by atoms with Gasteiger partial charge in [-0.2, -0.15) is 0 Å². The second-order valence-corrected chi connectivity index (χ2v) is 7.26. The first-order valence-electron chi connectivity index (χ1n) is 10.0. The van der Waals surface area contributed by atoms with Crippen LogP contribution in [-0.4, -0.2) is 33.8 Å². The van der Waals surface area contributed by atoms with E-state index in [9.17, 15) is 14.9 Å². The topological polar surface area (TPSA) is 122 Å². The molecular formula is C24H24N2O6. The summed E-state index contributed by atoms with van der Waals surface area (Å²) in [5, 5.41) is 32.3. The third-order valence-corrected chi connectivity index (χ3v) is 5.17. The molecule has 0 aromatic heterocycles. The maximum atomic E-state index is 11.6. The first kappa shape index (κ1) is 22.9. The van der Waals surface area contributed by atoms with Crippen molar-refractivity contribution in [2.45, 2.75) is 26.1 Å². The van der Waals surface area contributed by atoms with Gasteiger partial charge in [-0.05, 0) is 40.8 Å². The van der Waals surface area contributed by atoms with Gasteiger partial charge in [0, 0.05) is 12.6 Å². The van der Waals surface area contributed by atoms with Gasteiger partial charge >= 0.3 is 11.7 Å². The zero-order chi connectivity index (χ0) is 23.1. The van der Waals surface area contributed by atoms with E-state index in [-0.39, 0.29) is 24.6 Å². The molecule has 0 spiro atoms. The van der Waals surface area contributed by atoms with Crippen LogP contribution in [0.4, 0.5) is 5.69 Å². The van der Waals surface area contributed by atoms with E-state index >= 15 is 0 Å². The van der Waals surface area contributed by atoms with Gasteiger partial charge in [0.15, 0.2) is 5.75 Å². The molecule has 0 amide bonds. The van der Waals surface area contributed by atoms with Gasteiger partial charge in [0.2, 0.25) is 0 Å². The SMILES string of the molecule is Cc1c(COc2ccc(CNC(CO)C(=O)O)cc2[N+](=O)[O-])cccc1-c1ccccc1. The quantitative estimate of drug-likeness (QED) is 0.327. The van der Waals surface area contributed by atoms with E-state index in [0.29, 0.717) is 5.56 Å². The summed E-state index contributed by atoms with van der Waals surface area (Å²) in [6, 6.07) is 19.1. The second-order valence-electron chi connectivity index (χ2n) is 7.26. The third-order valence-electron chi connectivity index (χ3n) is 5.17. The molecule has 3 rings (SSSR count). The molecule has 0 fully saturated rings. The van der Waals surface area contributed by atoms with E-state index < -0.39 is 23.5 Å². The Hall–Kier alpha value is -3.75. The van der Waals surface area contributed by atoms with Gasteiger partial charge in [-0.1, -0.05) is 54.6 Å². The predicted octanol–water partition coefficient (Wildman–Crippen LogP) is 3.68. The highest BCUT2D eigenvalue weighted by molar-refractivity contribution is 5.73. The largest absolute Gasteiger partial charge is 0.482 e. The second kappa shape index (κ2) is 10.5. The molecule has 0 aliphatic rings. The Labute approximate surface area is 185 Å². The average Bonchev–Trinajstić information content (AvgIpc) is 2.79. The fraction of sp³-hybridized carbons (Fsp3) is 0.208. The van der Waals surface area contributed by atoms with E-state index in [2.05, 4.69) is 5.32 Å². The Morgan fingerprint density at radius 3 is 2.53 bits per heavy atom. The van der Waals surface area contributed by atoms with Crippen LogP contribution in [0, 0.1) is 17.0 Å². The summed E-state index contributed by atoms with van der Waals surface area (Å²) in [7, 11) is 0. The fourth-order valence-corrected chi connectivity index (χ4v) is 3.33. The van der Waals surface area contributed by atoms with Crippen LogP contribution in [0.1, 0.15) is 16.7 Å². The number of carbonyl (C=O) groups is 1. The number of nitro groups is 1. The van der Waals surface area contributed by atoms with Crippen molar-refractivity contribution in [3.63, 3.8) is 0 Å². The summed E-state index contributed by atoms with van der Waals surface area (Å²) in [6.07, 6.45) is 0. The summed E-state index contributed by atoms with van der Waals surface area (Å²) in [6.45, 7) is 1.62. The highest BCUT2D eigenvalue weighted by atomic mass is 16.6. The molecule has 3 N–H and O–H groups in total. The monoisotopic (exact) mass is 436 g/mol. The number of aliphatic hydroxyl groups is 1. The number of nitro benzene ring substituents is 1. The van der Waals surface area contributed by atoms with Crippen molar-refractivity contribution in [3.8, 4) is 16.9 Å². The molecule has 0 saturated heterocycles. The minimum Gasteiger partial charge on any atom is -0.482 e. The number of benzene rings is 3. The Morgan fingerprint density at radius 1 is 1.12 bits per heavy atom. The van der Waals surface area contributed by atoms with Gasteiger partial charge in [0.1, 0.15) is 12.6 Å². The Morgan fingerprint density at radius 2 is 1.88 bits per heavy atom. The molecule has 1 atom stereocenters. The average molecular weight is 436 g/mol. The van der Waals surface area contributed by atoms with Crippen molar-refractivity contribution in [1.29, 1.82) is 0 Å². The first-order valence-corrected chi connectivity index (χ1v) is 10.0. The number of nitrogens with one attached hydrogen (secondary N) is 1. The maximum absolute atomic E-state index is 11.6. The van der Waals surface area contributed by atoms with Gasteiger partial charge in [0.25, 0.3) is 0 Å². The maximum Gasteiger partial charge on any atom is 0.323 e. The van der Waals surface area contributed by atoms with Crippen molar-refractivity contribution in [1.82, 2.24) is 5.32 Å². The molecule has 8 heteroatoms. The highest BCUT2D eigenvalue weighted by Gasteiger charge is 2.19. The van der Waals surface area contributed by atoms with Gasteiger partial charge in [-0.25, -0.2) is 0 Å². The lowest BCUT2D eigenvalue weighted by Crippen LogP contribution is -2.39. The number of nitrogens with zero attached hydrogens (tertiary/aromatic N) is 1. The molecule has 166 valence electrons. The van der Waals surface area contributed by atoms with Crippen molar-refractivity contribution in [2.75, 3.05) is 6.61 Å². The minimum atomic E-state index is -1.20. The highest BCUT2D eigenvalue weighted by Crippen LogP contribution is 2.30. The molecule has 32 heavy (non-hydrogen) atoms. The zero-order valence-electron chi connectivity index (χ0n) is 17.5. The molecular weight excluding hydrogens is 412 g/mol. The molecule has 0 aliphatic heterocycles. The third kappa shape index (κ3) is 5.48. The van der Waals surface area contributed by atoms with E-state index in [0.717, 1.165) is 22.3 Å². The summed E-state index contributed by atoms with van der Waals surface area (Å²) in [4.78, 5) is 22.0. The lowest BCUT2D eigenvalue weighted by Gasteiger charge is -2.14. The Kier molecular flexibility index (Phi) is 7.54. The summed E-state index contributed by atoms with van der Waals surface area (Å²) in [5.41, 5.74) is 4.39. The van der Waals surface area contributed by atoms with Crippen LogP contribution in [0.2, 0.25) is 0 Å². The number of rotatable bonds is 10. The van der Waals surface area contributed by atoms with E-state index in [1.54, 1.807) is 6.07 Å². The van der Waals surface area contributed by atoms with Gasteiger partial charge in [-0.3, -0.25) is 20.2 Å². The van der Waals surface area contributed by atoms with Gasteiger partial charge in [-0.15, -0.1) is 0 Å². The van der Waals surface area contributed by atoms with Crippen molar-refractivity contribution < 1.29 is 24.7 Å². The predicted molar refractivity (Wildman–Crippen MR) is 119 cm³/mol.